The number of ether oxygens (including phenoxy) is 2. The number of rotatable bonds is 3. The van der Waals surface area contributed by atoms with Crippen LogP contribution in [-0.2, 0) is 4.79 Å². The molecule has 0 fully saturated rings. The Balaban J connectivity index is 1.83. The second-order valence-electron chi connectivity index (χ2n) is 9.10. The summed E-state index contributed by atoms with van der Waals surface area (Å²) in [5.41, 5.74) is 5.74. The number of nitrogens with one attached hydrogen (secondary N) is 1. The molecule has 2 heterocycles. The maximum atomic E-state index is 13.5. The SMILES string of the molecule is COc1ccc(C2C3=C(CC(C)(C)CC3=O)Nc3ccc4ncccc4c32)c(OC)c1. The molecule has 0 bridgehead atoms. The summed E-state index contributed by atoms with van der Waals surface area (Å²) < 4.78 is 11.2. The van der Waals surface area contributed by atoms with Gasteiger partial charge < -0.3 is 14.8 Å². The predicted octanol–water partition coefficient (Wildman–Crippen LogP) is 5.45. The second kappa shape index (κ2) is 7.12. The third-order valence-corrected chi connectivity index (χ3v) is 6.36. The van der Waals surface area contributed by atoms with Gasteiger partial charge in [0.25, 0.3) is 0 Å². The minimum absolute atomic E-state index is 0.0760. The Kier molecular flexibility index (Phi) is 4.50. The Morgan fingerprint density at radius 2 is 1.90 bits per heavy atom. The lowest BCUT2D eigenvalue weighted by molar-refractivity contribution is -0.118. The number of benzene rings is 2. The number of methoxy groups -OCH3 is 2. The van der Waals surface area contributed by atoms with Crippen molar-refractivity contribution in [1.29, 1.82) is 0 Å². The van der Waals surface area contributed by atoms with Crippen molar-refractivity contribution in [3.8, 4) is 11.5 Å². The summed E-state index contributed by atoms with van der Waals surface area (Å²) in [6.07, 6.45) is 3.15. The number of anilines is 1. The smallest absolute Gasteiger partial charge is 0.162 e. The van der Waals surface area contributed by atoms with Crippen molar-refractivity contribution < 1.29 is 14.3 Å². The number of ketones is 1. The number of hydrogen-bond donors (Lipinski definition) is 1. The highest BCUT2D eigenvalue weighted by atomic mass is 16.5. The van der Waals surface area contributed by atoms with Crippen molar-refractivity contribution in [2.24, 2.45) is 5.41 Å². The van der Waals surface area contributed by atoms with Gasteiger partial charge in [0.05, 0.1) is 19.7 Å². The lowest BCUT2D eigenvalue weighted by Gasteiger charge is -2.40. The van der Waals surface area contributed by atoms with Crippen molar-refractivity contribution in [3.05, 3.63) is 71.1 Å². The first-order valence-corrected chi connectivity index (χ1v) is 10.5. The number of nitrogens with zero attached hydrogens (tertiary/aromatic N) is 1. The molecule has 1 atom stereocenters. The van der Waals surface area contributed by atoms with Gasteiger partial charge in [0.15, 0.2) is 5.78 Å². The molecule has 0 amide bonds. The summed E-state index contributed by atoms with van der Waals surface area (Å²) in [4.78, 5) is 18.1. The highest BCUT2D eigenvalue weighted by molar-refractivity contribution is 6.04. The van der Waals surface area contributed by atoms with Crippen molar-refractivity contribution >= 4 is 22.4 Å². The number of aromatic nitrogens is 1. The highest BCUT2D eigenvalue weighted by Crippen LogP contribution is 2.52. The van der Waals surface area contributed by atoms with Crippen LogP contribution in [0.2, 0.25) is 0 Å². The largest absolute Gasteiger partial charge is 0.497 e. The van der Waals surface area contributed by atoms with Crippen LogP contribution in [-0.4, -0.2) is 25.0 Å². The summed E-state index contributed by atoms with van der Waals surface area (Å²) in [5.74, 6) is 1.39. The van der Waals surface area contributed by atoms with E-state index in [1.54, 1.807) is 20.4 Å². The van der Waals surface area contributed by atoms with Gasteiger partial charge in [-0.25, -0.2) is 0 Å². The first kappa shape index (κ1) is 19.6. The van der Waals surface area contributed by atoms with Crippen molar-refractivity contribution in [1.82, 2.24) is 4.98 Å². The summed E-state index contributed by atoms with van der Waals surface area (Å²) in [6, 6.07) is 14.0. The lowest BCUT2D eigenvalue weighted by Crippen LogP contribution is -2.34. The van der Waals surface area contributed by atoms with Crippen LogP contribution >= 0.6 is 0 Å². The molecule has 1 N–H and O–H groups in total. The first-order chi connectivity index (χ1) is 14.9. The lowest BCUT2D eigenvalue weighted by atomic mass is 9.68. The fourth-order valence-corrected chi connectivity index (χ4v) is 5.05. The van der Waals surface area contributed by atoms with Crippen LogP contribution in [0, 0.1) is 5.41 Å². The van der Waals surface area contributed by atoms with Crippen LogP contribution < -0.4 is 14.8 Å². The minimum atomic E-state index is -0.233. The topological polar surface area (TPSA) is 60.5 Å². The van der Waals surface area contributed by atoms with Gasteiger partial charge in [0.1, 0.15) is 11.5 Å². The van der Waals surface area contributed by atoms with Gasteiger partial charge in [0, 0.05) is 52.5 Å². The third kappa shape index (κ3) is 3.16. The summed E-state index contributed by atoms with van der Waals surface area (Å²) in [6.45, 7) is 4.30. The van der Waals surface area contributed by atoms with Gasteiger partial charge in [-0.1, -0.05) is 26.0 Å². The molecule has 0 saturated heterocycles. The first-order valence-electron chi connectivity index (χ1n) is 10.5. The quantitative estimate of drug-likeness (QED) is 0.617. The fraction of sp³-hybridized carbons (Fsp3) is 0.308. The number of hydrogen-bond acceptors (Lipinski definition) is 5. The number of fused-ring (bicyclic) bond motifs is 3. The molecule has 5 rings (SSSR count). The molecular weight excluding hydrogens is 388 g/mol. The number of allylic oxidation sites excluding steroid dienone is 2. The van der Waals surface area contributed by atoms with Gasteiger partial charge in [0.2, 0.25) is 0 Å². The molecule has 1 unspecified atom stereocenters. The van der Waals surface area contributed by atoms with Crippen molar-refractivity contribution in [2.75, 3.05) is 19.5 Å². The number of pyridine rings is 1. The minimum Gasteiger partial charge on any atom is -0.497 e. The molecule has 0 radical (unpaired) electrons. The second-order valence-corrected chi connectivity index (χ2v) is 9.10. The molecule has 1 aromatic heterocycles. The van der Waals surface area contributed by atoms with Crippen molar-refractivity contribution in [3.63, 3.8) is 0 Å². The van der Waals surface area contributed by atoms with Gasteiger partial charge in [-0.05, 0) is 41.7 Å². The zero-order valence-corrected chi connectivity index (χ0v) is 18.3. The summed E-state index contributed by atoms with van der Waals surface area (Å²) >= 11 is 0. The number of Topliss-reactive ketones (excluding diaryl/α,β-unsaturated/α-hetero) is 1. The molecule has 0 spiro atoms. The van der Waals surface area contributed by atoms with E-state index in [0.717, 1.165) is 51.2 Å². The molecule has 2 aromatic carbocycles. The van der Waals surface area contributed by atoms with Crippen LogP contribution in [0.4, 0.5) is 5.69 Å². The molecule has 1 aliphatic heterocycles. The third-order valence-electron chi connectivity index (χ3n) is 6.36. The van der Waals surface area contributed by atoms with Crippen LogP contribution in [0.1, 0.15) is 43.7 Å². The Bertz CT molecular complexity index is 1240. The van der Waals surface area contributed by atoms with E-state index in [0.29, 0.717) is 12.2 Å². The van der Waals surface area contributed by atoms with Crippen LogP contribution in [0.5, 0.6) is 11.5 Å². The highest BCUT2D eigenvalue weighted by Gasteiger charge is 2.42. The zero-order chi connectivity index (χ0) is 21.8. The maximum Gasteiger partial charge on any atom is 0.162 e. The van der Waals surface area contributed by atoms with E-state index in [-0.39, 0.29) is 17.1 Å². The summed E-state index contributed by atoms with van der Waals surface area (Å²) in [5, 5.41) is 4.64. The zero-order valence-electron chi connectivity index (χ0n) is 18.3. The average Bonchev–Trinajstić information content (AvgIpc) is 2.76. The van der Waals surface area contributed by atoms with Crippen LogP contribution in [0.25, 0.3) is 10.9 Å². The molecule has 3 aromatic rings. The van der Waals surface area contributed by atoms with Gasteiger partial charge >= 0.3 is 0 Å². The maximum absolute atomic E-state index is 13.5. The van der Waals surface area contributed by atoms with Gasteiger partial charge in [-0.2, -0.15) is 0 Å². The van der Waals surface area contributed by atoms with E-state index in [2.05, 4.69) is 36.3 Å². The fourth-order valence-electron chi connectivity index (χ4n) is 5.05. The van der Waals surface area contributed by atoms with E-state index in [1.807, 2.05) is 30.3 Å². The Morgan fingerprint density at radius 1 is 1.06 bits per heavy atom. The summed E-state index contributed by atoms with van der Waals surface area (Å²) in [7, 11) is 3.30. The van der Waals surface area contributed by atoms with E-state index in [9.17, 15) is 4.79 Å². The van der Waals surface area contributed by atoms with Crippen molar-refractivity contribution in [2.45, 2.75) is 32.6 Å². The Morgan fingerprint density at radius 3 is 2.68 bits per heavy atom. The molecule has 158 valence electrons. The monoisotopic (exact) mass is 414 g/mol. The standard InChI is InChI=1S/C26H26N2O3/c1-26(2)13-20-25(21(29)14-26)24(17-8-7-15(30-3)12-22(17)31-4)23-16-6-5-11-27-18(16)9-10-19(23)28-20/h5-12,24,28H,13-14H2,1-4H3. The number of carbonyl (C=O) groups excluding carboxylic acids is 1. The van der Waals surface area contributed by atoms with E-state index < -0.39 is 0 Å². The van der Waals surface area contributed by atoms with Gasteiger partial charge in [-0.3, -0.25) is 9.78 Å². The Labute approximate surface area is 182 Å². The van der Waals surface area contributed by atoms with E-state index >= 15 is 0 Å². The Hall–Kier alpha value is -3.34. The number of carbonyl (C=O) groups is 1. The molecule has 2 aliphatic rings. The van der Waals surface area contributed by atoms with E-state index in [1.165, 1.54) is 0 Å². The van der Waals surface area contributed by atoms with Gasteiger partial charge in [-0.15, -0.1) is 0 Å². The normalized spacial score (nSPS) is 19.5. The predicted molar refractivity (Wildman–Crippen MR) is 122 cm³/mol. The van der Waals surface area contributed by atoms with Crippen LogP contribution in [0.15, 0.2) is 59.9 Å². The molecule has 31 heavy (non-hydrogen) atoms. The molecule has 5 heteroatoms. The average molecular weight is 415 g/mol. The molecule has 1 aliphatic carbocycles. The molecule has 0 saturated carbocycles. The van der Waals surface area contributed by atoms with Crippen LogP contribution in [0.3, 0.4) is 0 Å². The molecular formula is C26H26N2O3. The van der Waals surface area contributed by atoms with E-state index in [4.69, 9.17) is 9.47 Å². The molecule has 5 nitrogen and oxygen atoms in total.